The zero-order valence-electron chi connectivity index (χ0n) is 6.37. The molecule has 14 heavy (non-hydrogen) atoms. The van der Waals surface area contributed by atoms with Gasteiger partial charge in [0.15, 0.2) is 21.2 Å². The van der Waals surface area contributed by atoms with E-state index in [9.17, 15) is 11.5 Å². The van der Waals surface area contributed by atoms with Crippen molar-refractivity contribution >= 4 is 63.2 Å². The second kappa shape index (κ2) is 4.64. The van der Waals surface area contributed by atoms with Gasteiger partial charge in [-0.2, -0.15) is 8.42 Å². The van der Waals surface area contributed by atoms with E-state index in [2.05, 4.69) is 31.9 Å². The van der Waals surface area contributed by atoms with Gasteiger partial charge in [-0.3, -0.25) is 7.62 Å². The third-order valence-corrected chi connectivity index (χ3v) is 5.99. The Labute approximate surface area is 108 Å². The Balaban J connectivity index is 3.65. The molecule has 4 nitrogen and oxygen atoms in total. The summed E-state index contributed by atoms with van der Waals surface area (Å²) in [4.78, 5) is -0.318. The Hall–Kier alpha value is 0.620. The molecular formula is C6H3Br2IO4S. The smallest absolute Gasteiger partial charge is 0.282 e. The van der Waals surface area contributed by atoms with E-state index in [1.165, 1.54) is 6.07 Å². The fraction of sp³-hybridized carbons (Fsp3) is 0. The van der Waals surface area contributed by atoms with E-state index >= 15 is 0 Å². The highest BCUT2D eigenvalue weighted by Crippen LogP contribution is 2.32. The lowest BCUT2D eigenvalue weighted by molar-refractivity contribution is 0.482. The number of rotatable bonds is 2. The second-order valence-corrected chi connectivity index (χ2v) is 6.93. The van der Waals surface area contributed by atoms with Crippen molar-refractivity contribution in [3.63, 3.8) is 0 Å². The molecule has 0 unspecified atom stereocenters. The van der Waals surface area contributed by atoms with Gasteiger partial charge in [-0.05, 0) is 28.1 Å². The lowest BCUT2D eigenvalue weighted by atomic mass is 10.4. The van der Waals surface area contributed by atoms with Gasteiger partial charge in [0.2, 0.25) is 0 Å². The summed E-state index contributed by atoms with van der Waals surface area (Å²) in [6.45, 7) is 0. The van der Waals surface area contributed by atoms with Crippen LogP contribution in [-0.2, 0) is 13.2 Å². The van der Waals surface area contributed by atoms with Gasteiger partial charge in [-0.15, -0.1) is 0 Å². The first-order valence-electron chi connectivity index (χ1n) is 3.10. The van der Waals surface area contributed by atoms with E-state index in [4.69, 9.17) is 4.55 Å². The molecule has 0 fully saturated rings. The minimum atomic E-state index is -4.32. The highest BCUT2D eigenvalue weighted by atomic mass is 127. The first-order valence-corrected chi connectivity index (χ1v) is 8.08. The van der Waals surface area contributed by atoms with Gasteiger partial charge in [0.25, 0.3) is 10.1 Å². The molecule has 1 aromatic carbocycles. The second-order valence-electron chi connectivity index (χ2n) is 2.25. The molecule has 1 N–H and O–H groups in total. The maximum absolute atomic E-state index is 10.9. The molecule has 0 saturated carbocycles. The molecule has 78 valence electrons. The van der Waals surface area contributed by atoms with E-state index in [-0.39, 0.29) is 8.47 Å². The van der Waals surface area contributed by atoms with Crippen molar-refractivity contribution in [3.05, 3.63) is 24.6 Å². The van der Waals surface area contributed by atoms with Crippen molar-refractivity contribution in [2.24, 2.45) is 0 Å². The third kappa shape index (κ3) is 2.81. The normalized spacial score (nSPS) is 11.6. The van der Waals surface area contributed by atoms with Crippen molar-refractivity contribution in [2.75, 3.05) is 0 Å². The van der Waals surface area contributed by atoms with E-state index in [1.807, 2.05) is 0 Å². The minimum absolute atomic E-state index is 0.134. The average Bonchev–Trinajstić information content (AvgIpc) is 2.01. The molecule has 0 aliphatic carbocycles. The zero-order valence-corrected chi connectivity index (χ0v) is 12.5. The summed E-state index contributed by atoms with van der Waals surface area (Å²) in [6.07, 6.45) is 0. The van der Waals surface area contributed by atoms with E-state index < -0.39 is 31.3 Å². The fourth-order valence-corrected chi connectivity index (χ4v) is 5.11. The van der Waals surface area contributed by atoms with Crippen molar-refractivity contribution in [2.45, 2.75) is 4.90 Å². The van der Waals surface area contributed by atoms with Crippen LogP contribution in [0, 0.1) is 3.57 Å². The van der Waals surface area contributed by atoms with E-state index in [0.29, 0.717) is 8.95 Å². The number of halogens is 3. The van der Waals surface area contributed by atoms with Crippen molar-refractivity contribution in [1.29, 1.82) is 0 Å². The molecule has 0 aliphatic heterocycles. The summed E-state index contributed by atoms with van der Waals surface area (Å²) >= 11 is 4.48. The highest BCUT2D eigenvalue weighted by molar-refractivity contribution is 14.1. The molecule has 0 bridgehead atoms. The van der Waals surface area contributed by atoms with Crippen LogP contribution < -0.4 is 0 Å². The van der Waals surface area contributed by atoms with Crippen LogP contribution in [0.1, 0.15) is 0 Å². The first kappa shape index (κ1) is 12.7. The van der Waals surface area contributed by atoms with Crippen LogP contribution in [0.15, 0.2) is 26.0 Å². The fourth-order valence-electron chi connectivity index (χ4n) is 0.795. The monoisotopic (exact) mass is 456 g/mol. The molecule has 0 atom stereocenters. The minimum Gasteiger partial charge on any atom is -0.282 e. The van der Waals surface area contributed by atoms with Gasteiger partial charge in [-0.1, -0.05) is 15.9 Å². The zero-order chi connectivity index (χ0) is 10.9. The highest BCUT2D eigenvalue weighted by Gasteiger charge is 2.19. The lowest BCUT2D eigenvalue weighted by Crippen LogP contribution is -2.01. The molecule has 0 amide bonds. The standard InChI is InChI=1S/C6H3Br2IO4S/c7-3-1-4(8)6(9-10)5(2-3)14(11,12)13/h1-2H,(H,11,12,13). The molecule has 1 aromatic rings. The molecule has 1 rings (SSSR count). The number of hydrogen-bond donors (Lipinski definition) is 1. The van der Waals surface area contributed by atoms with Gasteiger partial charge in [-0.25, -0.2) is 0 Å². The average molecular weight is 458 g/mol. The van der Waals surface area contributed by atoms with Crippen molar-refractivity contribution in [1.82, 2.24) is 0 Å². The lowest BCUT2D eigenvalue weighted by Gasteiger charge is -2.03. The molecule has 0 heterocycles. The summed E-state index contributed by atoms with van der Waals surface area (Å²) in [6, 6.07) is 2.79. The maximum Gasteiger partial charge on any atom is 0.295 e. The predicted molar refractivity (Wildman–Crippen MR) is 65.1 cm³/mol. The Kier molecular flexibility index (Phi) is 4.21. The van der Waals surface area contributed by atoms with Crippen LogP contribution >= 0.6 is 53.1 Å². The van der Waals surface area contributed by atoms with Crippen LogP contribution in [0.5, 0.6) is 0 Å². The summed E-state index contributed by atoms with van der Waals surface area (Å²) in [5.41, 5.74) is 0. The maximum atomic E-state index is 10.9. The largest absolute Gasteiger partial charge is 0.295 e. The van der Waals surface area contributed by atoms with Gasteiger partial charge in [0.1, 0.15) is 4.90 Å². The Morgan fingerprint density at radius 1 is 1.29 bits per heavy atom. The topological polar surface area (TPSA) is 71.4 Å². The first-order chi connectivity index (χ1) is 6.36. The summed E-state index contributed by atoms with van der Waals surface area (Å²) in [5, 5.41) is 0. The summed E-state index contributed by atoms with van der Waals surface area (Å²) < 4.78 is 42.5. The van der Waals surface area contributed by atoms with Crippen LogP contribution in [0.25, 0.3) is 0 Å². The molecule has 0 saturated heterocycles. The van der Waals surface area contributed by atoms with Crippen LogP contribution in [-0.4, -0.2) is 13.0 Å². The Morgan fingerprint density at radius 2 is 1.86 bits per heavy atom. The van der Waals surface area contributed by atoms with Crippen molar-refractivity contribution < 1.29 is 16.0 Å². The molecule has 0 spiro atoms. The predicted octanol–water partition coefficient (Wildman–Crippen LogP) is 2.94. The number of hydrogen-bond acceptors (Lipinski definition) is 3. The molecule has 8 heteroatoms. The van der Waals surface area contributed by atoms with Crippen LogP contribution in [0.3, 0.4) is 0 Å². The van der Waals surface area contributed by atoms with E-state index in [0.717, 1.165) is 0 Å². The number of benzene rings is 1. The summed E-state index contributed by atoms with van der Waals surface area (Å²) in [5.74, 6) is 0. The SMILES string of the molecule is O=Ic1c(Br)cc(Br)cc1S(=O)(=O)O. The van der Waals surface area contributed by atoms with Gasteiger partial charge in [0, 0.05) is 8.95 Å². The van der Waals surface area contributed by atoms with Crippen LogP contribution in [0.4, 0.5) is 0 Å². The Morgan fingerprint density at radius 3 is 2.29 bits per heavy atom. The van der Waals surface area contributed by atoms with Crippen LogP contribution in [0.2, 0.25) is 0 Å². The molecule has 0 aliphatic rings. The van der Waals surface area contributed by atoms with Gasteiger partial charge < -0.3 is 0 Å². The van der Waals surface area contributed by atoms with Gasteiger partial charge >= 0.3 is 0 Å². The molecule has 0 radical (unpaired) electrons. The third-order valence-electron chi connectivity index (χ3n) is 1.31. The summed E-state index contributed by atoms with van der Waals surface area (Å²) in [7, 11) is -4.32. The molecule has 0 aromatic heterocycles. The van der Waals surface area contributed by atoms with Crippen molar-refractivity contribution in [3.8, 4) is 0 Å². The quantitative estimate of drug-likeness (QED) is 0.421. The van der Waals surface area contributed by atoms with E-state index in [1.54, 1.807) is 6.07 Å². The Bertz CT molecular complexity index is 485. The molecular weight excluding hydrogens is 455 g/mol. The van der Waals surface area contributed by atoms with Gasteiger partial charge in [0.05, 0.1) is 3.57 Å².